The molecule has 14 heteroatoms. The summed E-state index contributed by atoms with van der Waals surface area (Å²) < 4.78 is 52.1. The lowest BCUT2D eigenvalue weighted by Gasteiger charge is -2.31. The Morgan fingerprint density at radius 2 is 2.08 bits per heavy atom. The first-order valence-corrected chi connectivity index (χ1v) is 13.9. The topological polar surface area (TPSA) is 147 Å². The van der Waals surface area contributed by atoms with Crippen LogP contribution in [-0.4, -0.2) is 68.4 Å². The number of hydrogen-bond acceptors (Lipinski definition) is 9. The molecule has 1 aliphatic heterocycles. The number of nitrogens with one attached hydrogen (secondary N) is 2. The monoisotopic (exact) mass is 569 g/mol. The number of benzene rings is 1. The maximum atomic E-state index is 12.9. The van der Waals surface area contributed by atoms with Gasteiger partial charge in [0.05, 0.1) is 34.4 Å². The van der Waals surface area contributed by atoms with E-state index in [1.165, 1.54) is 21.3 Å². The summed E-state index contributed by atoms with van der Waals surface area (Å²) in [7, 11) is -1.99. The molecule has 1 saturated heterocycles. The van der Waals surface area contributed by atoms with E-state index in [0.717, 1.165) is 0 Å². The first-order chi connectivity index (χ1) is 19.9. The number of sulfonamides is 1. The van der Waals surface area contributed by atoms with Gasteiger partial charge in [0.15, 0.2) is 5.03 Å². The molecule has 39 heavy (non-hydrogen) atoms. The summed E-state index contributed by atoms with van der Waals surface area (Å²) in [6, 6.07) is 8.67. The average Bonchev–Trinajstić information content (AvgIpc) is 3.62. The summed E-state index contributed by atoms with van der Waals surface area (Å²) in [6.45, 7) is -1.50. The number of anilines is 1. The molecule has 1 aliphatic rings. The van der Waals surface area contributed by atoms with Crippen LogP contribution in [0.1, 0.15) is 28.1 Å². The first-order valence-electron chi connectivity index (χ1n) is 13.6. The van der Waals surface area contributed by atoms with Gasteiger partial charge >= 0.3 is 0 Å². The molecule has 4 heterocycles. The fraction of sp³-hybridized carbons (Fsp3) is 0.320. The van der Waals surface area contributed by atoms with E-state index in [9.17, 15) is 13.7 Å². The van der Waals surface area contributed by atoms with E-state index in [2.05, 4.69) is 36.9 Å². The zero-order valence-electron chi connectivity index (χ0n) is 23.9. The van der Waals surface area contributed by atoms with E-state index < -0.39 is 17.0 Å². The molecule has 0 amide bonds. The lowest BCUT2D eigenvalue weighted by atomic mass is 10.1. The van der Waals surface area contributed by atoms with Crippen LogP contribution in [0.15, 0.2) is 54.1 Å². The van der Waals surface area contributed by atoms with Crippen LogP contribution in [0.3, 0.4) is 0 Å². The van der Waals surface area contributed by atoms with Gasteiger partial charge in [0.25, 0.3) is 10.0 Å². The van der Waals surface area contributed by atoms with Crippen molar-refractivity contribution in [3.63, 3.8) is 0 Å². The van der Waals surface area contributed by atoms with Crippen LogP contribution in [0.2, 0.25) is 5.02 Å². The number of nitriles is 1. The molecule has 5 rings (SSSR count). The van der Waals surface area contributed by atoms with Crippen LogP contribution in [-0.2, 0) is 23.6 Å². The average molecular weight is 570 g/mol. The number of rotatable bonds is 8. The zero-order chi connectivity index (χ0) is 30.1. The fourth-order valence-electron chi connectivity index (χ4n) is 4.36. The molecule has 0 saturated carbocycles. The lowest BCUT2D eigenvalue weighted by Crippen LogP contribution is -2.42. The van der Waals surface area contributed by atoms with E-state index in [1.807, 2.05) is 0 Å². The van der Waals surface area contributed by atoms with Crippen LogP contribution in [0, 0.1) is 11.3 Å². The Morgan fingerprint density at radius 3 is 2.77 bits per heavy atom. The predicted molar refractivity (Wildman–Crippen MR) is 146 cm³/mol. The van der Waals surface area contributed by atoms with Gasteiger partial charge in [-0.2, -0.15) is 19.8 Å². The molecular weight excluding hydrogens is 540 g/mol. The third-order valence-electron chi connectivity index (χ3n) is 6.40. The van der Waals surface area contributed by atoms with Crippen LogP contribution in [0.4, 0.5) is 5.95 Å². The maximum Gasteiger partial charge on any atom is 0.262 e. The number of piperidine rings is 1. The van der Waals surface area contributed by atoms with Crippen molar-refractivity contribution in [2.75, 3.05) is 25.4 Å². The van der Waals surface area contributed by atoms with Gasteiger partial charge in [-0.3, -0.25) is 4.68 Å². The molecule has 202 valence electrons. The molecule has 12 nitrogen and oxygen atoms in total. The zero-order valence-corrected chi connectivity index (χ0v) is 22.5. The minimum Gasteiger partial charge on any atom is -0.351 e. The predicted octanol–water partition coefficient (Wildman–Crippen LogP) is 2.57. The van der Waals surface area contributed by atoms with Crippen molar-refractivity contribution in [1.82, 2.24) is 39.2 Å². The Labute approximate surface area is 235 Å². The van der Waals surface area contributed by atoms with E-state index in [-0.39, 0.29) is 23.2 Å². The van der Waals surface area contributed by atoms with Crippen LogP contribution in [0.5, 0.6) is 0 Å². The smallest absolute Gasteiger partial charge is 0.262 e. The Balaban J connectivity index is 1.28. The maximum absolute atomic E-state index is 12.9. The van der Waals surface area contributed by atoms with Gasteiger partial charge in [-0.05, 0) is 43.6 Å². The summed E-state index contributed by atoms with van der Waals surface area (Å²) in [5.41, 5.74) is 2.47. The molecule has 0 radical (unpaired) electrons. The number of aryl methyl sites for hydroxylation is 1. The normalized spacial score (nSPS) is 16.3. The Morgan fingerprint density at radius 1 is 1.26 bits per heavy atom. The molecule has 0 atom stereocenters. The molecule has 0 unspecified atom stereocenters. The fourth-order valence-corrected chi connectivity index (χ4v) is 6.08. The number of nitrogens with zero attached hydrogens (tertiary/aromatic N) is 8. The standard InChI is InChI=1S/C25H27ClN10O2S/c1-28-13-17-3-4-22(21(26)11-17)36-16-19(15-30-36)24-18(12-27)14-29-25(32-24)31-20-5-9-35(10-6-20)39(37,38)23-7-8-34(2)33-23/h3-4,7-8,11,14-16,20,28H,5-6,9-10,13H2,1-2H3,(H,29,31,32)/i1D3. The van der Waals surface area contributed by atoms with E-state index in [1.54, 1.807) is 48.5 Å². The van der Waals surface area contributed by atoms with Crippen molar-refractivity contribution >= 4 is 27.6 Å². The molecule has 0 bridgehead atoms. The van der Waals surface area contributed by atoms with Gasteiger partial charge < -0.3 is 10.6 Å². The van der Waals surface area contributed by atoms with Crippen molar-refractivity contribution in [1.29, 1.82) is 5.26 Å². The van der Waals surface area contributed by atoms with Gasteiger partial charge in [-0.1, -0.05) is 17.7 Å². The third kappa shape index (κ3) is 5.64. The first kappa shape index (κ1) is 23.1. The Kier molecular flexibility index (Phi) is 6.58. The van der Waals surface area contributed by atoms with Crippen LogP contribution >= 0.6 is 11.6 Å². The minimum absolute atomic E-state index is 0.0276. The molecule has 1 fully saturated rings. The highest BCUT2D eigenvalue weighted by Crippen LogP contribution is 2.27. The highest BCUT2D eigenvalue weighted by Gasteiger charge is 2.31. The summed E-state index contributed by atoms with van der Waals surface area (Å²) >= 11 is 6.47. The largest absolute Gasteiger partial charge is 0.351 e. The summed E-state index contributed by atoms with van der Waals surface area (Å²) in [5.74, 6) is 0.312. The minimum atomic E-state index is -3.66. The molecule has 1 aromatic carbocycles. The van der Waals surface area contributed by atoms with Crippen molar-refractivity contribution in [2.45, 2.75) is 30.5 Å². The highest BCUT2D eigenvalue weighted by atomic mass is 35.5. The van der Waals surface area contributed by atoms with Gasteiger partial charge in [0.2, 0.25) is 5.95 Å². The lowest BCUT2D eigenvalue weighted by molar-refractivity contribution is 0.328. The van der Waals surface area contributed by atoms with Crippen LogP contribution in [0.25, 0.3) is 16.9 Å². The molecule has 3 aromatic heterocycles. The van der Waals surface area contributed by atoms with Gasteiger partial charge in [-0.15, -0.1) is 0 Å². The quantitative estimate of drug-likeness (QED) is 0.327. The SMILES string of the molecule is [2H]C([2H])([2H])NCc1ccc(-n2cc(-c3nc(NC4CCN(S(=O)(=O)c5ccn(C)n5)CC4)ncc3C#N)cn2)c(Cl)c1. The number of halogens is 1. The molecule has 0 spiro atoms. The number of aromatic nitrogens is 6. The summed E-state index contributed by atoms with van der Waals surface area (Å²) in [4.78, 5) is 8.87. The van der Waals surface area contributed by atoms with E-state index >= 15 is 0 Å². The molecule has 2 N–H and O–H groups in total. The Hall–Kier alpha value is -3.83. The second-order valence-electron chi connectivity index (χ2n) is 9.03. The molecule has 4 aromatic rings. The van der Waals surface area contributed by atoms with E-state index in [4.69, 9.17) is 15.7 Å². The van der Waals surface area contributed by atoms with Gasteiger partial charge in [0, 0.05) is 54.8 Å². The highest BCUT2D eigenvalue weighted by molar-refractivity contribution is 7.89. The third-order valence-corrected chi connectivity index (χ3v) is 8.49. The number of hydrogen-bond donors (Lipinski definition) is 2. The molecular formula is C25H27ClN10O2S. The summed E-state index contributed by atoms with van der Waals surface area (Å²) in [6.07, 6.45) is 7.36. The van der Waals surface area contributed by atoms with Crippen molar-refractivity contribution in [2.24, 2.45) is 7.05 Å². The second-order valence-corrected chi connectivity index (χ2v) is 11.3. The summed E-state index contributed by atoms with van der Waals surface area (Å²) in [5, 5.41) is 24.2. The Bertz CT molecular complexity index is 1740. The van der Waals surface area contributed by atoms with Crippen molar-refractivity contribution in [3.05, 3.63) is 65.2 Å². The van der Waals surface area contributed by atoms with Crippen molar-refractivity contribution in [3.8, 4) is 23.0 Å². The van der Waals surface area contributed by atoms with E-state index in [0.29, 0.717) is 59.4 Å². The molecule has 0 aliphatic carbocycles. The van der Waals surface area contributed by atoms with Gasteiger partial charge in [-0.25, -0.2) is 23.1 Å². The van der Waals surface area contributed by atoms with Crippen LogP contribution < -0.4 is 10.6 Å². The second kappa shape index (κ2) is 11.1. The van der Waals surface area contributed by atoms with Gasteiger partial charge in [0.1, 0.15) is 6.07 Å². The van der Waals surface area contributed by atoms with Crippen molar-refractivity contribution < 1.29 is 12.5 Å².